The van der Waals surface area contributed by atoms with Gasteiger partial charge < -0.3 is 5.32 Å². The third-order valence-electron chi connectivity index (χ3n) is 1.73. The molecule has 1 atom stereocenters. The lowest BCUT2D eigenvalue weighted by Crippen LogP contribution is -2.34. The average molecular weight is 127 g/mol. The fourth-order valence-electron chi connectivity index (χ4n) is 1.37. The van der Waals surface area contributed by atoms with E-state index in [0.29, 0.717) is 0 Å². The highest BCUT2D eigenvalue weighted by atomic mass is 16.2. The quantitative estimate of drug-likeness (QED) is 0.515. The maximum absolute atomic E-state index is 10.9. The molecule has 1 rings (SSSR count). The Morgan fingerprint density at radius 2 is 2.22 bits per heavy atom. The highest BCUT2D eigenvalue weighted by molar-refractivity contribution is 5.81. The molecule has 0 saturated carbocycles. The monoisotopic (exact) mass is 127 g/mol. The van der Waals surface area contributed by atoms with Crippen LogP contribution in [0.1, 0.15) is 27.2 Å². The number of amides is 1. The first-order valence-corrected chi connectivity index (χ1v) is 3.33. The predicted octanol–water partition coefficient (Wildman–Crippen LogP) is 0.921. The van der Waals surface area contributed by atoms with E-state index in [1.165, 1.54) is 0 Å². The molecule has 0 bridgehead atoms. The summed E-state index contributed by atoms with van der Waals surface area (Å²) in [5.41, 5.74) is 0.0382. The second-order valence-corrected chi connectivity index (χ2v) is 3.48. The molecule has 1 N–H and O–H groups in total. The Morgan fingerprint density at radius 1 is 1.67 bits per heavy atom. The van der Waals surface area contributed by atoms with E-state index < -0.39 is 0 Å². The number of carbonyl (C=O) groups is 1. The minimum absolute atomic E-state index is 0.0382. The maximum Gasteiger partial charge on any atom is 0.223 e. The van der Waals surface area contributed by atoms with Gasteiger partial charge in [0.15, 0.2) is 0 Å². The Morgan fingerprint density at radius 3 is 2.33 bits per heavy atom. The Kier molecular flexibility index (Phi) is 1.26. The fraction of sp³-hybridized carbons (Fsp3) is 0.857. The van der Waals surface area contributed by atoms with Crippen LogP contribution >= 0.6 is 0 Å². The van der Waals surface area contributed by atoms with E-state index in [4.69, 9.17) is 0 Å². The Bertz CT molecular complexity index is 140. The van der Waals surface area contributed by atoms with Crippen molar-refractivity contribution in [2.45, 2.75) is 32.7 Å². The molecule has 0 radical (unpaired) electrons. The molecule has 1 amide bonds. The van der Waals surface area contributed by atoms with Crippen LogP contribution in [0.4, 0.5) is 0 Å². The Hall–Kier alpha value is -0.530. The molecule has 1 unspecified atom stereocenters. The van der Waals surface area contributed by atoms with Crippen LogP contribution in [-0.2, 0) is 4.79 Å². The summed E-state index contributed by atoms with van der Waals surface area (Å²) < 4.78 is 0. The number of hydrogen-bond acceptors (Lipinski definition) is 1. The molecule has 0 aromatic heterocycles. The summed E-state index contributed by atoms with van der Waals surface area (Å²) in [6.07, 6.45) is 0.964. The SMILES string of the molecule is CC1CC(C)(C)NC1=O. The second-order valence-electron chi connectivity index (χ2n) is 3.48. The van der Waals surface area contributed by atoms with E-state index in [1.807, 2.05) is 6.92 Å². The van der Waals surface area contributed by atoms with Gasteiger partial charge in [0.1, 0.15) is 0 Å². The molecule has 1 heterocycles. The predicted molar refractivity (Wildman–Crippen MR) is 36.0 cm³/mol. The van der Waals surface area contributed by atoms with Crippen molar-refractivity contribution in [2.24, 2.45) is 5.92 Å². The second kappa shape index (κ2) is 1.72. The zero-order chi connectivity index (χ0) is 7.07. The van der Waals surface area contributed by atoms with Gasteiger partial charge in [0.2, 0.25) is 5.91 Å². The number of nitrogens with one attached hydrogen (secondary N) is 1. The van der Waals surface area contributed by atoms with Gasteiger partial charge in [-0.1, -0.05) is 6.92 Å². The summed E-state index contributed by atoms with van der Waals surface area (Å²) in [4.78, 5) is 10.9. The molecule has 2 heteroatoms. The number of hydrogen-bond donors (Lipinski definition) is 1. The smallest absolute Gasteiger partial charge is 0.223 e. The van der Waals surface area contributed by atoms with E-state index in [0.717, 1.165) is 6.42 Å². The van der Waals surface area contributed by atoms with Crippen LogP contribution in [0.25, 0.3) is 0 Å². The zero-order valence-electron chi connectivity index (χ0n) is 6.19. The van der Waals surface area contributed by atoms with Gasteiger partial charge in [-0.05, 0) is 20.3 Å². The zero-order valence-corrected chi connectivity index (χ0v) is 6.19. The molecule has 0 aromatic carbocycles. The molecule has 2 nitrogen and oxygen atoms in total. The molecular weight excluding hydrogens is 114 g/mol. The van der Waals surface area contributed by atoms with Crippen LogP contribution in [-0.4, -0.2) is 11.4 Å². The van der Waals surface area contributed by atoms with Crippen LogP contribution in [0.2, 0.25) is 0 Å². The molecule has 1 aliphatic heterocycles. The van der Waals surface area contributed by atoms with Gasteiger partial charge in [0.25, 0.3) is 0 Å². The Balaban J connectivity index is 2.65. The van der Waals surface area contributed by atoms with Crippen LogP contribution in [0.3, 0.4) is 0 Å². The van der Waals surface area contributed by atoms with Crippen molar-refractivity contribution in [3.05, 3.63) is 0 Å². The summed E-state index contributed by atoms with van der Waals surface area (Å²) >= 11 is 0. The van der Waals surface area contributed by atoms with Gasteiger partial charge in [0, 0.05) is 11.5 Å². The van der Waals surface area contributed by atoms with E-state index in [1.54, 1.807) is 0 Å². The van der Waals surface area contributed by atoms with Crippen molar-refractivity contribution in [2.75, 3.05) is 0 Å². The first-order chi connectivity index (χ1) is 4.01. The fourth-order valence-corrected chi connectivity index (χ4v) is 1.37. The van der Waals surface area contributed by atoms with Crippen LogP contribution in [0.5, 0.6) is 0 Å². The molecular formula is C7H13NO. The lowest BCUT2D eigenvalue weighted by molar-refractivity contribution is -0.122. The van der Waals surface area contributed by atoms with Crippen molar-refractivity contribution >= 4 is 5.91 Å². The third-order valence-corrected chi connectivity index (χ3v) is 1.73. The van der Waals surface area contributed by atoms with Crippen LogP contribution < -0.4 is 5.32 Å². The van der Waals surface area contributed by atoms with E-state index in [2.05, 4.69) is 19.2 Å². The minimum atomic E-state index is 0.0382. The maximum atomic E-state index is 10.9. The topological polar surface area (TPSA) is 29.1 Å². The third kappa shape index (κ3) is 1.23. The Labute approximate surface area is 55.6 Å². The molecule has 52 valence electrons. The normalized spacial score (nSPS) is 32.3. The van der Waals surface area contributed by atoms with Gasteiger partial charge in [0.05, 0.1) is 0 Å². The van der Waals surface area contributed by atoms with Crippen LogP contribution in [0.15, 0.2) is 0 Å². The van der Waals surface area contributed by atoms with Gasteiger partial charge >= 0.3 is 0 Å². The highest BCUT2D eigenvalue weighted by Crippen LogP contribution is 2.23. The molecule has 1 saturated heterocycles. The standard InChI is InChI=1S/C7H13NO/c1-5-4-7(2,3)8-6(5)9/h5H,4H2,1-3H3,(H,8,9). The van der Waals surface area contributed by atoms with Crippen molar-refractivity contribution in [1.29, 1.82) is 0 Å². The summed E-state index contributed by atoms with van der Waals surface area (Å²) in [5, 5.41) is 2.90. The molecule has 9 heavy (non-hydrogen) atoms. The van der Waals surface area contributed by atoms with Gasteiger partial charge in [-0.2, -0.15) is 0 Å². The van der Waals surface area contributed by atoms with Gasteiger partial charge in [-0.3, -0.25) is 4.79 Å². The van der Waals surface area contributed by atoms with Gasteiger partial charge in [-0.15, -0.1) is 0 Å². The number of carbonyl (C=O) groups excluding carboxylic acids is 1. The van der Waals surface area contributed by atoms with Crippen molar-refractivity contribution < 1.29 is 4.79 Å². The summed E-state index contributed by atoms with van der Waals surface area (Å²) in [6.45, 7) is 6.06. The molecule has 0 aromatic rings. The molecule has 1 fully saturated rings. The highest BCUT2D eigenvalue weighted by Gasteiger charge is 2.33. The molecule has 0 spiro atoms. The average Bonchev–Trinajstić information content (AvgIpc) is 1.79. The van der Waals surface area contributed by atoms with E-state index >= 15 is 0 Å². The van der Waals surface area contributed by atoms with Gasteiger partial charge in [-0.25, -0.2) is 0 Å². The first kappa shape index (κ1) is 6.59. The minimum Gasteiger partial charge on any atom is -0.351 e. The summed E-state index contributed by atoms with van der Waals surface area (Å²) in [6, 6.07) is 0. The van der Waals surface area contributed by atoms with E-state index in [-0.39, 0.29) is 17.4 Å². The first-order valence-electron chi connectivity index (χ1n) is 3.33. The molecule has 0 aliphatic carbocycles. The number of rotatable bonds is 0. The summed E-state index contributed by atoms with van der Waals surface area (Å²) in [7, 11) is 0. The van der Waals surface area contributed by atoms with Crippen molar-refractivity contribution in [3.8, 4) is 0 Å². The van der Waals surface area contributed by atoms with Crippen molar-refractivity contribution in [1.82, 2.24) is 5.32 Å². The lowest BCUT2D eigenvalue weighted by atomic mass is 9.98. The van der Waals surface area contributed by atoms with Crippen LogP contribution in [0, 0.1) is 5.92 Å². The summed E-state index contributed by atoms with van der Waals surface area (Å²) in [5.74, 6) is 0.403. The van der Waals surface area contributed by atoms with E-state index in [9.17, 15) is 4.79 Å². The largest absolute Gasteiger partial charge is 0.351 e. The molecule has 1 aliphatic rings. The van der Waals surface area contributed by atoms with Crippen molar-refractivity contribution in [3.63, 3.8) is 0 Å². The lowest BCUT2D eigenvalue weighted by Gasteiger charge is -2.15.